The van der Waals surface area contributed by atoms with E-state index in [1.807, 2.05) is 0 Å². The first-order chi connectivity index (χ1) is 10.2. The first-order valence-corrected chi connectivity index (χ1v) is 9.64. The van der Waals surface area contributed by atoms with Crippen LogP contribution in [-0.4, -0.2) is 58.7 Å². The summed E-state index contributed by atoms with van der Waals surface area (Å²) < 4.78 is 0. The van der Waals surface area contributed by atoms with E-state index in [1.165, 1.54) is 32.1 Å². The zero-order valence-electron chi connectivity index (χ0n) is 12.9. The third kappa shape index (κ3) is 3.93. The Morgan fingerprint density at radius 2 is 2.10 bits per heavy atom. The molecule has 0 aromatic carbocycles. The van der Waals surface area contributed by atoms with Crippen molar-refractivity contribution in [2.24, 2.45) is 5.92 Å². The summed E-state index contributed by atoms with van der Waals surface area (Å²) in [5, 5.41) is 13.3. The first-order valence-electron chi connectivity index (χ1n) is 8.48. The summed E-state index contributed by atoms with van der Waals surface area (Å²) in [4.78, 5) is 14.8. The maximum atomic E-state index is 12.3. The normalized spacial score (nSPS) is 35.2. The fraction of sp³-hybridized carbons (Fsp3) is 0.938. The van der Waals surface area contributed by atoms with E-state index in [9.17, 15) is 9.90 Å². The van der Waals surface area contributed by atoms with Gasteiger partial charge in [0.15, 0.2) is 0 Å². The number of nitrogens with zero attached hydrogens (tertiary/aromatic N) is 1. The highest BCUT2D eigenvalue weighted by molar-refractivity contribution is 7.99. The van der Waals surface area contributed by atoms with Crippen LogP contribution >= 0.6 is 11.8 Å². The molecule has 0 aromatic rings. The zero-order valence-corrected chi connectivity index (χ0v) is 13.7. The van der Waals surface area contributed by atoms with E-state index in [4.69, 9.17) is 0 Å². The molecule has 2 heterocycles. The van der Waals surface area contributed by atoms with Crippen LogP contribution in [0, 0.1) is 5.92 Å². The highest BCUT2D eigenvalue weighted by Gasteiger charge is 2.35. The Hall–Kier alpha value is -0.260. The number of carbonyl (C=O) groups excluding carboxylic acids is 1. The quantitative estimate of drug-likeness (QED) is 0.828. The Kier molecular flexibility index (Phi) is 5.12. The standard InChI is InChI=1S/C16H28N2O2S/c19-15(17-11-16(20)7-9-21-12-16)13-6-8-18(10-13)14-4-2-1-3-5-14/h13-14,20H,1-12H2,(H,17,19)/t13-,16-/m0/s1. The van der Waals surface area contributed by atoms with Crippen LogP contribution in [0.1, 0.15) is 44.9 Å². The van der Waals surface area contributed by atoms with Gasteiger partial charge in [0.1, 0.15) is 0 Å². The molecule has 1 saturated carbocycles. The Bertz CT molecular complexity index is 365. The van der Waals surface area contributed by atoms with Crippen LogP contribution in [0.25, 0.3) is 0 Å². The topological polar surface area (TPSA) is 52.6 Å². The summed E-state index contributed by atoms with van der Waals surface area (Å²) in [6, 6.07) is 0.715. The van der Waals surface area contributed by atoms with E-state index in [0.29, 0.717) is 12.6 Å². The van der Waals surface area contributed by atoms with Crippen molar-refractivity contribution in [3.63, 3.8) is 0 Å². The number of thioether (sulfide) groups is 1. The molecule has 4 nitrogen and oxygen atoms in total. The minimum Gasteiger partial charge on any atom is -0.387 e. The van der Waals surface area contributed by atoms with Crippen LogP contribution in [0.3, 0.4) is 0 Å². The van der Waals surface area contributed by atoms with Crippen LogP contribution in [-0.2, 0) is 4.79 Å². The molecule has 2 N–H and O–H groups in total. The molecule has 3 fully saturated rings. The number of carbonyl (C=O) groups is 1. The Labute approximate surface area is 132 Å². The minimum atomic E-state index is -0.665. The largest absolute Gasteiger partial charge is 0.387 e. The van der Waals surface area contributed by atoms with Gasteiger partial charge in [-0.1, -0.05) is 19.3 Å². The third-order valence-electron chi connectivity index (χ3n) is 5.36. The van der Waals surface area contributed by atoms with Crippen LogP contribution < -0.4 is 5.32 Å². The van der Waals surface area contributed by atoms with E-state index in [1.54, 1.807) is 11.8 Å². The Morgan fingerprint density at radius 1 is 1.29 bits per heavy atom. The van der Waals surface area contributed by atoms with Gasteiger partial charge in [0, 0.05) is 24.9 Å². The molecule has 0 aromatic heterocycles. The minimum absolute atomic E-state index is 0.129. The number of amides is 1. The molecule has 5 heteroatoms. The van der Waals surface area contributed by atoms with Gasteiger partial charge in [-0.3, -0.25) is 9.69 Å². The highest BCUT2D eigenvalue weighted by atomic mass is 32.2. The van der Waals surface area contributed by atoms with Crippen molar-refractivity contribution in [1.82, 2.24) is 10.2 Å². The van der Waals surface area contributed by atoms with Crippen LogP contribution in [0.15, 0.2) is 0 Å². The maximum absolute atomic E-state index is 12.3. The number of hydrogen-bond acceptors (Lipinski definition) is 4. The lowest BCUT2D eigenvalue weighted by Gasteiger charge is -2.31. The summed E-state index contributed by atoms with van der Waals surface area (Å²) >= 11 is 1.77. The van der Waals surface area contributed by atoms with Gasteiger partial charge in [0.05, 0.1) is 11.5 Å². The average molecular weight is 312 g/mol. The summed E-state index contributed by atoms with van der Waals surface area (Å²) in [5.74, 6) is 2.04. The molecule has 21 heavy (non-hydrogen) atoms. The molecule has 120 valence electrons. The second-order valence-corrected chi connectivity index (χ2v) is 8.12. The molecule has 0 unspecified atom stereocenters. The Balaban J connectivity index is 1.43. The average Bonchev–Trinajstić information content (AvgIpc) is 3.16. The SMILES string of the molecule is O=C(NC[C@@]1(O)CCSC1)[C@H]1CCN(C2CCCCC2)C1. The van der Waals surface area contributed by atoms with Crippen molar-refractivity contribution in [2.75, 3.05) is 31.1 Å². The fourth-order valence-corrected chi connectivity index (χ4v) is 5.21. The summed E-state index contributed by atoms with van der Waals surface area (Å²) in [5.41, 5.74) is -0.665. The zero-order chi connectivity index (χ0) is 14.7. The molecule has 1 amide bonds. The van der Waals surface area contributed by atoms with Crippen molar-refractivity contribution in [3.8, 4) is 0 Å². The van der Waals surface area contributed by atoms with Crippen LogP contribution in [0.4, 0.5) is 0 Å². The van der Waals surface area contributed by atoms with E-state index in [2.05, 4.69) is 10.2 Å². The molecular weight excluding hydrogens is 284 g/mol. The van der Waals surface area contributed by atoms with Gasteiger partial charge in [-0.2, -0.15) is 11.8 Å². The molecule has 3 rings (SSSR count). The molecule has 2 atom stereocenters. The van der Waals surface area contributed by atoms with Gasteiger partial charge in [0.2, 0.25) is 5.91 Å². The second-order valence-electron chi connectivity index (χ2n) is 7.02. The van der Waals surface area contributed by atoms with E-state index < -0.39 is 5.60 Å². The monoisotopic (exact) mass is 312 g/mol. The predicted octanol–water partition coefficient (Wildman–Crippen LogP) is 1.63. The third-order valence-corrected chi connectivity index (χ3v) is 6.59. The van der Waals surface area contributed by atoms with Gasteiger partial charge in [0.25, 0.3) is 0 Å². The van der Waals surface area contributed by atoms with E-state index >= 15 is 0 Å². The molecule has 2 saturated heterocycles. The van der Waals surface area contributed by atoms with Gasteiger partial charge in [-0.25, -0.2) is 0 Å². The van der Waals surface area contributed by atoms with E-state index in [-0.39, 0.29) is 11.8 Å². The summed E-state index contributed by atoms with van der Waals surface area (Å²) in [6.45, 7) is 2.42. The predicted molar refractivity (Wildman–Crippen MR) is 86.5 cm³/mol. The van der Waals surface area contributed by atoms with Gasteiger partial charge in [-0.15, -0.1) is 0 Å². The molecular formula is C16H28N2O2S. The summed E-state index contributed by atoms with van der Waals surface area (Å²) in [6.07, 6.45) is 8.49. The van der Waals surface area contributed by atoms with Crippen molar-refractivity contribution in [3.05, 3.63) is 0 Å². The molecule has 0 bridgehead atoms. The van der Waals surface area contributed by atoms with Gasteiger partial charge >= 0.3 is 0 Å². The number of rotatable bonds is 4. The number of hydrogen-bond donors (Lipinski definition) is 2. The van der Waals surface area contributed by atoms with E-state index in [0.717, 1.165) is 37.4 Å². The molecule has 1 aliphatic carbocycles. The Morgan fingerprint density at radius 3 is 2.81 bits per heavy atom. The summed E-state index contributed by atoms with van der Waals surface area (Å²) in [7, 11) is 0. The highest BCUT2D eigenvalue weighted by Crippen LogP contribution is 2.29. The van der Waals surface area contributed by atoms with Gasteiger partial charge < -0.3 is 10.4 Å². The lowest BCUT2D eigenvalue weighted by molar-refractivity contribution is -0.125. The van der Waals surface area contributed by atoms with Gasteiger partial charge in [-0.05, 0) is 38.0 Å². The number of aliphatic hydroxyl groups is 1. The van der Waals surface area contributed by atoms with Crippen LogP contribution in [0.5, 0.6) is 0 Å². The molecule has 3 aliphatic rings. The lowest BCUT2D eigenvalue weighted by atomic mass is 9.94. The number of nitrogens with one attached hydrogen (secondary N) is 1. The smallest absolute Gasteiger partial charge is 0.224 e. The van der Waals surface area contributed by atoms with Crippen molar-refractivity contribution < 1.29 is 9.90 Å². The van der Waals surface area contributed by atoms with Crippen molar-refractivity contribution in [2.45, 2.75) is 56.6 Å². The number of likely N-dealkylation sites (tertiary alicyclic amines) is 1. The maximum Gasteiger partial charge on any atom is 0.224 e. The van der Waals surface area contributed by atoms with Crippen LogP contribution in [0.2, 0.25) is 0 Å². The molecule has 0 radical (unpaired) electrons. The first kappa shape index (κ1) is 15.6. The second kappa shape index (κ2) is 6.88. The molecule has 2 aliphatic heterocycles. The lowest BCUT2D eigenvalue weighted by Crippen LogP contribution is -2.45. The van der Waals surface area contributed by atoms with Crippen molar-refractivity contribution >= 4 is 17.7 Å². The molecule has 0 spiro atoms. The van der Waals surface area contributed by atoms with Crippen molar-refractivity contribution in [1.29, 1.82) is 0 Å². The fourth-order valence-electron chi connectivity index (χ4n) is 3.91.